The lowest BCUT2D eigenvalue weighted by Crippen LogP contribution is -2.13. The summed E-state index contributed by atoms with van der Waals surface area (Å²) in [6, 6.07) is 9.02. The summed E-state index contributed by atoms with van der Waals surface area (Å²) < 4.78 is 1.11. The second kappa shape index (κ2) is 5.67. The van der Waals surface area contributed by atoms with Gasteiger partial charge < -0.3 is 5.32 Å². The molecule has 0 saturated heterocycles. The van der Waals surface area contributed by atoms with E-state index in [1.165, 1.54) is 6.20 Å². The summed E-state index contributed by atoms with van der Waals surface area (Å²) in [7, 11) is 0. The van der Waals surface area contributed by atoms with Crippen molar-refractivity contribution in [2.75, 3.05) is 5.32 Å². The van der Waals surface area contributed by atoms with Crippen LogP contribution in [0.25, 0.3) is 0 Å². The van der Waals surface area contributed by atoms with Crippen LogP contribution in [0.3, 0.4) is 0 Å². The topological polar surface area (TPSA) is 42.0 Å². The number of hydrogen-bond donors (Lipinski definition) is 1. The highest BCUT2D eigenvalue weighted by Gasteiger charge is 2.09. The molecule has 0 atom stereocenters. The molecule has 0 saturated carbocycles. The molecule has 0 aliphatic rings. The van der Waals surface area contributed by atoms with Gasteiger partial charge in [0.2, 0.25) is 0 Å². The Morgan fingerprint density at radius 3 is 2.78 bits per heavy atom. The van der Waals surface area contributed by atoms with Gasteiger partial charge in [0.15, 0.2) is 0 Å². The summed E-state index contributed by atoms with van der Waals surface area (Å²) in [5, 5.41) is 3.23. The van der Waals surface area contributed by atoms with Gasteiger partial charge in [0.1, 0.15) is 5.15 Å². The minimum atomic E-state index is -0.190. The first kappa shape index (κ1) is 13.3. The van der Waals surface area contributed by atoms with Crippen LogP contribution >= 0.6 is 34.2 Å². The molecule has 18 heavy (non-hydrogen) atoms. The summed E-state index contributed by atoms with van der Waals surface area (Å²) in [6.45, 7) is 1.97. The number of benzene rings is 1. The van der Waals surface area contributed by atoms with Crippen LogP contribution in [-0.4, -0.2) is 10.9 Å². The van der Waals surface area contributed by atoms with Crippen molar-refractivity contribution < 1.29 is 4.79 Å². The lowest BCUT2D eigenvalue weighted by molar-refractivity contribution is 0.102. The highest BCUT2D eigenvalue weighted by atomic mass is 127. The van der Waals surface area contributed by atoms with E-state index in [1.54, 1.807) is 12.1 Å². The highest BCUT2D eigenvalue weighted by molar-refractivity contribution is 14.1. The number of anilines is 1. The number of amides is 1. The van der Waals surface area contributed by atoms with Crippen molar-refractivity contribution in [1.29, 1.82) is 0 Å². The summed E-state index contributed by atoms with van der Waals surface area (Å²) in [6.07, 6.45) is 1.46. The predicted octanol–water partition coefficient (Wildman–Crippen LogP) is 3.90. The molecular weight excluding hydrogens is 363 g/mol. The number of aromatic nitrogens is 1. The van der Waals surface area contributed by atoms with Crippen molar-refractivity contribution in [3.63, 3.8) is 0 Å². The quantitative estimate of drug-likeness (QED) is 0.642. The summed E-state index contributed by atoms with van der Waals surface area (Å²) >= 11 is 7.91. The average Bonchev–Trinajstić information content (AvgIpc) is 2.36. The summed E-state index contributed by atoms with van der Waals surface area (Å²) in [5.41, 5.74) is 2.34. The zero-order chi connectivity index (χ0) is 13.1. The second-order valence-electron chi connectivity index (χ2n) is 3.74. The van der Waals surface area contributed by atoms with Gasteiger partial charge in [-0.15, -0.1) is 0 Å². The van der Waals surface area contributed by atoms with Crippen molar-refractivity contribution in [2.45, 2.75) is 6.92 Å². The first-order chi connectivity index (χ1) is 8.58. The Balaban J connectivity index is 2.21. The van der Waals surface area contributed by atoms with Crippen molar-refractivity contribution >= 4 is 45.8 Å². The SMILES string of the molecule is Cc1c(I)cccc1NC(=O)c1ccc(Cl)nc1. The summed E-state index contributed by atoms with van der Waals surface area (Å²) in [4.78, 5) is 15.9. The first-order valence-electron chi connectivity index (χ1n) is 5.26. The minimum absolute atomic E-state index is 0.190. The van der Waals surface area contributed by atoms with E-state index < -0.39 is 0 Å². The number of carbonyl (C=O) groups is 1. The van der Waals surface area contributed by atoms with E-state index in [2.05, 4.69) is 32.9 Å². The van der Waals surface area contributed by atoms with Crippen LogP contribution in [0.2, 0.25) is 5.15 Å². The van der Waals surface area contributed by atoms with Crippen LogP contribution in [-0.2, 0) is 0 Å². The number of halogens is 2. The third-order valence-electron chi connectivity index (χ3n) is 2.51. The molecule has 1 aromatic heterocycles. The zero-order valence-electron chi connectivity index (χ0n) is 9.58. The molecule has 0 unspecified atom stereocenters. The minimum Gasteiger partial charge on any atom is -0.322 e. The molecule has 1 heterocycles. The fourth-order valence-corrected chi connectivity index (χ4v) is 2.06. The van der Waals surface area contributed by atoms with E-state index in [-0.39, 0.29) is 5.91 Å². The van der Waals surface area contributed by atoms with Gasteiger partial charge in [0.25, 0.3) is 5.91 Å². The van der Waals surface area contributed by atoms with Crippen LogP contribution in [0.15, 0.2) is 36.5 Å². The number of rotatable bonds is 2. The van der Waals surface area contributed by atoms with E-state index in [4.69, 9.17) is 11.6 Å². The van der Waals surface area contributed by atoms with E-state index in [9.17, 15) is 4.79 Å². The van der Waals surface area contributed by atoms with Crippen LogP contribution in [0.4, 0.5) is 5.69 Å². The van der Waals surface area contributed by atoms with E-state index in [0.29, 0.717) is 10.7 Å². The molecule has 0 bridgehead atoms. The molecule has 5 heteroatoms. The zero-order valence-corrected chi connectivity index (χ0v) is 12.5. The molecule has 1 amide bonds. The molecule has 0 spiro atoms. The number of carbonyl (C=O) groups excluding carboxylic acids is 1. The van der Waals surface area contributed by atoms with E-state index >= 15 is 0 Å². The normalized spacial score (nSPS) is 10.2. The molecule has 1 aromatic carbocycles. The van der Waals surface area contributed by atoms with Crippen molar-refractivity contribution in [1.82, 2.24) is 4.98 Å². The maximum absolute atomic E-state index is 12.0. The molecule has 1 N–H and O–H groups in total. The van der Waals surface area contributed by atoms with Gasteiger partial charge in [-0.05, 0) is 59.3 Å². The van der Waals surface area contributed by atoms with Crippen molar-refractivity contribution in [3.05, 3.63) is 56.4 Å². The fraction of sp³-hybridized carbons (Fsp3) is 0.0769. The first-order valence-corrected chi connectivity index (χ1v) is 6.71. The number of nitrogens with zero attached hydrogens (tertiary/aromatic N) is 1. The van der Waals surface area contributed by atoms with Crippen LogP contribution in [0, 0.1) is 10.5 Å². The standard InChI is InChI=1S/C13H10ClIN2O/c1-8-10(15)3-2-4-11(8)17-13(18)9-5-6-12(14)16-7-9/h2-7H,1H3,(H,17,18). The van der Waals surface area contributed by atoms with Gasteiger partial charge in [-0.3, -0.25) is 4.79 Å². The third kappa shape index (κ3) is 3.00. The third-order valence-corrected chi connectivity index (χ3v) is 3.90. The van der Waals surface area contributed by atoms with Gasteiger partial charge in [-0.25, -0.2) is 4.98 Å². The van der Waals surface area contributed by atoms with Crippen molar-refractivity contribution in [2.24, 2.45) is 0 Å². The number of hydrogen-bond acceptors (Lipinski definition) is 2. The van der Waals surface area contributed by atoms with E-state index in [1.807, 2.05) is 25.1 Å². The Hall–Kier alpha value is -1.14. The molecular formula is C13H10ClIN2O. The molecule has 0 aliphatic carbocycles. The Morgan fingerprint density at radius 2 is 2.11 bits per heavy atom. The lowest BCUT2D eigenvalue weighted by atomic mass is 10.2. The van der Waals surface area contributed by atoms with Crippen molar-refractivity contribution in [3.8, 4) is 0 Å². The molecule has 0 aliphatic heterocycles. The Morgan fingerprint density at radius 1 is 1.33 bits per heavy atom. The Bertz CT molecular complexity index is 584. The highest BCUT2D eigenvalue weighted by Crippen LogP contribution is 2.21. The molecule has 2 aromatic rings. The molecule has 0 radical (unpaired) electrons. The Labute approximate surface area is 124 Å². The van der Waals surface area contributed by atoms with Crippen LogP contribution in [0.1, 0.15) is 15.9 Å². The lowest BCUT2D eigenvalue weighted by Gasteiger charge is -2.09. The molecule has 3 nitrogen and oxygen atoms in total. The van der Waals surface area contributed by atoms with Gasteiger partial charge in [0.05, 0.1) is 5.56 Å². The predicted molar refractivity (Wildman–Crippen MR) is 81.1 cm³/mol. The molecule has 2 rings (SSSR count). The second-order valence-corrected chi connectivity index (χ2v) is 5.29. The Kier molecular flexibility index (Phi) is 4.19. The summed E-state index contributed by atoms with van der Waals surface area (Å²) in [5.74, 6) is -0.190. The van der Waals surface area contributed by atoms with Crippen LogP contribution < -0.4 is 5.32 Å². The van der Waals surface area contributed by atoms with Gasteiger partial charge in [-0.1, -0.05) is 17.7 Å². The van der Waals surface area contributed by atoms with Gasteiger partial charge >= 0.3 is 0 Å². The monoisotopic (exact) mass is 372 g/mol. The smallest absolute Gasteiger partial charge is 0.257 e. The maximum atomic E-state index is 12.0. The number of nitrogens with one attached hydrogen (secondary N) is 1. The van der Waals surface area contributed by atoms with Gasteiger partial charge in [0, 0.05) is 15.5 Å². The maximum Gasteiger partial charge on any atom is 0.257 e. The van der Waals surface area contributed by atoms with Gasteiger partial charge in [-0.2, -0.15) is 0 Å². The molecule has 92 valence electrons. The average molecular weight is 373 g/mol. The largest absolute Gasteiger partial charge is 0.322 e. The number of pyridine rings is 1. The fourth-order valence-electron chi connectivity index (χ4n) is 1.45. The molecule has 0 fully saturated rings. The van der Waals surface area contributed by atoms with Crippen LogP contribution in [0.5, 0.6) is 0 Å². The van der Waals surface area contributed by atoms with E-state index in [0.717, 1.165) is 14.8 Å².